The minimum absolute atomic E-state index is 0.0963. The topological polar surface area (TPSA) is 19.9 Å². The zero-order valence-electron chi connectivity index (χ0n) is 10.4. The van der Waals surface area contributed by atoms with Gasteiger partial charge in [-0.2, -0.15) is 0 Å². The fraction of sp³-hybridized carbons (Fsp3) is 0.714. The van der Waals surface area contributed by atoms with Crippen molar-refractivity contribution in [1.82, 2.24) is 0 Å². The van der Waals surface area contributed by atoms with Gasteiger partial charge in [0.2, 0.25) is 0 Å². The van der Waals surface area contributed by atoms with Crippen LogP contribution in [0.1, 0.15) is 46.5 Å². The lowest BCUT2D eigenvalue weighted by atomic mass is 10.0. The SMILES string of the molecule is CCCCC(C)C=CCC(C)C=CC[O]. The molecule has 0 heterocycles. The van der Waals surface area contributed by atoms with E-state index in [1.807, 2.05) is 6.08 Å². The predicted octanol–water partition coefficient (Wildman–Crippen LogP) is 4.38. The molecular formula is C14H25O. The van der Waals surface area contributed by atoms with Crippen LogP contribution in [0.2, 0.25) is 0 Å². The standard InChI is InChI=1S/C14H25O/c1-4-5-8-13(2)9-6-10-14(3)11-7-12-15/h6-7,9,11,13-14H,4-5,8,10,12H2,1-3H3. The van der Waals surface area contributed by atoms with E-state index < -0.39 is 0 Å². The van der Waals surface area contributed by atoms with E-state index in [0.29, 0.717) is 11.8 Å². The summed E-state index contributed by atoms with van der Waals surface area (Å²) in [6.45, 7) is 6.55. The van der Waals surface area contributed by atoms with Crippen molar-refractivity contribution in [2.24, 2.45) is 11.8 Å². The third kappa shape index (κ3) is 9.74. The number of hydrogen-bond acceptors (Lipinski definition) is 0. The number of allylic oxidation sites excluding steroid dienone is 3. The predicted molar refractivity (Wildman–Crippen MR) is 66.3 cm³/mol. The van der Waals surface area contributed by atoms with Gasteiger partial charge in [0, 0.05) is 0 Å². The number of hydrogen-bond donors (Lipinski definition) is 0. The summed E-state index contributed by atoms with van der Waals surface area (Å²) in [7, 11) is 0. The van der Waals surface area contributed by atoms with E-state index in [1.54, 1.807) is 6.08 Å². The lowest BCUT2D eigenvalue weighted by Crippen LogP contribution is -1.91. The van der Waals surface area contributed by atoms with Crippen molar-refractivity contribution in [3.63, 3.8) is 0 Å². The van der Waals surface area contributed by atoms with E-state index in [-0.39, 0.29) is 6.61 Å². The molecule has 0 aromatic heterocycles. The first kappa shape index (κ1) is 14.4. The Morgan fingerprint density at radius 1 is 1.07 bits per heavy atom. The maximum Gasteiger partial charge on any atom is 0.100 e. The van der Waals surface area contributed by atoms with Crippen molar-refractivity contribution >= 4 is 0 Å². The molecule has 15 heavy (non-hydrogen) atoms. The summed E-state index contributed by atoms with van der Waals surface area (Å²) in [5, 5.41) is 10.2. The molecule has 0 bridgehead atoms. The highest BCUT2D eigenvalue weighted by molar-refractivity contribution is 4.93. The van der Waals surface area contributed by atoms with E-state index in [4.69, 9.17) is 0 Å². The quantitative estimate of drug-likeness (QED) is 0.529. The van der Waals surface area contributed by atoms with Gasteiger partial charge in [0.05, 0.1) is 0 Å². The Hall–Kier alpha value is -0.560. The van der Waals surface area contributed by atoms with Gasteiger partial charge in [-0.25, -0.2) is 5.11 Å². The Morgan fingerprint density at radius 3 is 2.33 bits per heavy atom. The van der Waals surface area contributed by atoms with Crippen LogP contribution in [0.4, 0.5) is 0 Å². The monoisotopic (exact) mass is 209 g/mol. The van der Waals surface area contributed by atoms with Gasteiger partial charge < -0.3 is 0 Å². The molecular weight excluding hydrogens is 184 g/mol. The second kappa shape index (κ2) is 9.97. The molecule has 1 heteroatoms. The molecule has 0 aliphatic rings. The van der Waals surface area contributed by atoms with Crippen LogP contribution in [0, 0.1) is 11.8 Å². The van der Waals surface area contributed by atoms with E-state index in [0.717, 1.165) is 6.42 Å². The summed E-state index contributed by atoms with van der Waals surface area (Å²) < 4.78 is 0. The van der Waals surface area contributed by atoms with E-state index in [1.165, 1.54) is 19.3 Å². The molecule has 0 fully saturated rings. The summed E-state index contributed by atoms with van der Waals surface area (Å²) in [4.78, 5) is 0. The number of unbranched alkanes of at least 4 members (excludes halogenated alkanes) is 1. The Bertz CT molecular complexity index is 182. The second-order valence-electron chi connectivity index (χ2n) is 4.36. The van der Waals surface area contributed by atoms with Crippen molar-refractivity contribution in [2.45, 2.75) is 46.5 Å². The molecule has 87 valence electrons. The van der Waals surface area contributed by atoms with Crippen LogP contribution in [0.15, 0.2) is 24.3 Å². The first-order valence-electron chi connectivity index (χ1n) is 6.12. The Labute approximate surface area is 94.9 Å². The van der Waals surface area contributed by atoms with Gasteiger partial charge in [-0.1, -0.05) is 57.9 Å². The Kier molecular flexibility index (Phi) is 9.60. The minimum Gasteiger partial charge on any atom is -0.232 e. The van der Waals surface area contributed by atoms with Crippen LogP contribution in [0.25, 0.3) is 0 Å². The molecule has 0 saturated heterocycles. The van der Waals surface area contributed by atoms with E-state index >= 15 is 0 Å². The van der Waals surface area contributed by atoms with Gasteiger partial charge in [0.1, 0.15) is 6.61 Å². The highest BCUT2D eigenvalue weighted by atomic mass is 16.2. The van der Waals surface area contributed by atoms with Crippen LogP contribution < -0.4 is 0 Å². The zero-order chi connectivity index (χ0) is 11.5. The summed E-state index contributed by atoms with van der Waals surface area (Å²) in [5.74, 6) is 1.19. The van der Waals surface area contributed by atoms with Crippen LogP contribution in [0.5, 0.6) is 0 Å². The minimum atomic E-state index is -0.0963. The molecule has 0 aliphatic carbocycles. The van der Waals surface area contributed by atoms with Gasteiger partial charge in [0.15, 0.2) is 0 Å². The lowest BCUT2D eigenvalue weighted by Gasteiger charge is -2.05. The van der Waals surface area contributed by atoms with E-state index in [2.05, 4.69) is 32.9 Å². The molecule has 1 radical (unpaired) electrons. The molecule has 1 nitrogen and oxygen atoms in total. The van der Waals surface area contributed by atoms with Gasteiger partial charge in [0.25, 0.3) is 0 Å². The maximum atomic E-state index is 10.2. The van der Waals surface area contributed by atoms with Gasteiger partial charge >= 0.3 is 0 Å². The normalized spacial score (nSPS) is 16.3. The van der Waals surface area contributed by atoms with Crippen LogP contribution >= 0.6 is 0 Å². The van der Waals surface area contributed by atoms with Gasteiger partial charge in [-0.3, -0.25) is 0 Å². The molecule has 0 aliphatic heterocycles. The first-order valence-corrected chi connectivity index (χ1v) is 6.12. The molecule has 0 aromatic carbocycles. The average molecular weight is 209 g/mol. The highest BCUT2D eigenvalue weighted by Gasteiger charge is 1.96. The summed E-state index contributed by atoms with van der Waals surface area (Å²) in [6.07, 6.45) is 13.2. The molecule has 0 spiro atoms. The van der Waals surface area contributed by atoms with Crippen molar-refractivity contribution in [3.8, 4) is 0 Å². The molecule has 0 saturated carbocycles. The molecule has 0 N–H and O–H groups in total. The van der Waals surface area contributed by atoms with Crippen LogP contribution in [-0.2, 0) is 5.11 Å². The summed E-state index contributed by atoms with van der Waals surface area (Å²) in [5.41, 5.74) is 0. The third-order valence-corrected chi connectivity index (χ3v) is 2.55. The smallest absolute Gasteiger partial charge is 0.100 e. The molecule has 2 atom stereocenters. The fourth-order valence-electron chi connectivity index (χ4n) is 1.51. The van der Waals surface area contributed by atoms with Crippen molar-refractivity contribution in [2.75, 3.05) is 6.61 Å². The van der Waals surface area contributed by atoms with Crippen molar-refractivity contribution in [3.05, 3.63) is 24.3 Å². The third-order valence-electron chi connectivity index (χ3n) is 2.55. The van der Waals surface area contributed by atoms with Crippen LogP contribution in [0.3, 0.4) is 0 Å². The highest BCUT2D eigenvalue weighted by Crippen LogP contribution is 2.11. The molecule has 2 unspecified atom stereocenters. The first-order chi connectivity index (χ1) is 7.20. The van der Waals surface area contributed by atoms with Crippen LogP contribution in [-0.4, -0.2) is 6.61 Å². The maximum absolute atomic E-state index is 10.2. The summed E-state index contributed by atoms with van der Waals surface area (Å²) in [6, 6.07) is 0. The average Bonchev–Trinajstić information content (AvgIpc) is 2.23. The Balaban J connectivity index is 3.63. The van der Waals surface area contributed by atoms with Gasteiger partial charge in [-0.15, -0.1) is 0 Å². The second-order valence-corrected chi connectivity index (χ2v) is 4.36. The largest absolute Gasteiger partial charge is 0.232 e. The molecule has 0 amide bonds. The van der Waals surface area contributed by atoms with Crippen molar-refractivity contribution in [1.29, 1.82) is 0 Å². The lowest BCUT2D eigenvalue weighted by molar-refractivity contribution is 0.232. The summed E-state index contributed by atoms with van der Waals surface area (Å²) >= 11 is 0. The molecule has 0 aromatic rings. The fourth-order valence-corrected chi connectivity index (χ4v) is 1.51. The van der Waals surface area contributed by atoms with Gasteiger partial charge in [-0.05, 0) is 24.7 Å². The molecule has 0 rings (SSSR count). The van der Waals surface area contributed by atoms with E-state index in [9.17, 15) is 5.11 Å². The number of rotatable bonds is 8. The Morgan fingerprint density at radius 2 is 1.73 bits per heavy atom. The van der Waals surface area contributed by atoms with Crippen molar-refractivity contribution < 1.29 is 5.11 Å². The zero-order valence-corrected chi connectivity index (χ0v) is 10.4.